The molecule has 6 heterocycles. The van der Waals surface area contributed by atoms with E-state index in [2.05, 4.69) is 214 Å². The van der Waals surface area contributed by atoms with E-state index in [4.69, 9.17) is 13.3 Å². The Bertz CT molecular complexity index is 4990. The zero-order chi connectivity index (χ0) is 46.8. The second-order valence-corrected chi connectivity index (χ2v) is 19.4. The van der Waals surface area contributed by atoms with E-state index in [-0.39, 0.29) is 0 Å². The third kappa shape index (κ3) is 5.07. The predicted molar refractivity (Wildman–Crippen MR) is 295 cm³/mol. The lowest BCUT2D eigenvalue weighted by molar-refractivity contribution is 0.623. The molecule has 16 aromatic rings. The van der Waals surface area contributed by atoms with Crippen molar-refractivity contribution in [2.24, 2.45) is 0 Å². The summed E-state index contributed by atoms with van der Waals surface area (Å²) in [5.41, 5.74) is 19.4. The second kappa shape index (κ2) is 14.1. The maximum absolute atomic E-state index is 7.52. The Hall–Kier alpha value is -9.52. The lowest BCUT2D eigenvalue weighted by Gasteiger charge is -2.16. The van der Waals surface area contributed by atoms with Crippen LogP contribution in [0.4, 0.5) is 0 Å². The van der Waals surface area contributed by atoms with Crippen molar-refractivity contribution in [2.75, 3.05) is 0 Å². The molecule has 0 spiro atoms. The molecule has 0 N–H and O–H groups in total. The molecule has 336 valence electrons. The summed E-state index contributed by atoms with van der Waals surface area (Å²) in [6, 6.07) is 76.5. The molecule has 0 saturated carbocycles. The summed E-state index contributed by atoms with van der Waals surface area (Å²) in [4.78, 5) is 0. The third-order valence-electron chi connectivity index (χ3n) is 15.8. The summed E-state index contributed by atoms with van der Waals surface area (Å²) in [6.07, 6.45) is 1.70. The van der Waals surface area contributed by atoms with Crippen molar-refractivity contribution in [1.82, 2.24) is 13.7 Å². The molecule has 6 aromatic heterocycles. The zero-order valence-electron chi connectivity index (χ0n) is 38.7. The smallest absolute Gasteiger partial charge is 0.159 e. The molecular weight excluding hydrogens is 883 g/mol. The average Bonchev–Trinajstić information content (AvgIpc) is 4.29. The van der Waals surface area contributed by atoms with Crippen LogP contribution >= 0.6 is 0 Å². The molecule has 0 amide bonds. The van der Waals surface area contributed by atoms with Crippen LogP contribution < -0.4 is 0 Å². The minimum Gasteiger partial charge on any atom is -0.456 e. The number of benzene rings is 10. The molecule has 0 radical (unpaired) electrons. The van der Waals surface area contributed by atoms with Gasteiger partial charge in [0.05, 0.1) is 38.7 Å². The topological polar surface area (TPSA) is 54.2 Å². The number of aromatic nitrogens is 3. The number of hydrogen-bond donors (Lipinski definition) is 0. The van der Waals surface area contributed by atoms with Crippen LogP contribution in [0, 0.1) is 0 Å². The third-order valence-corrected chi connectivity index (χ3v) is 15.8. The summed E-state index contributed by atoms with van der Waals surface area (Å²) >= 11 is 0. The fourth-order valence-electron chi connectivity index (χ4n) is 12.7. The second-order valence-electron chi connectivity index (χ2n) is 19.4. The van der Waals surface area contributed by atoms with Crippen LogP contribution in [0.1, 0.15) is 11.3 Å². The first-order valence-electron chi connectivity index (χ1n) is 24.8. The van der Waals surface area contributed by atoms with Gasteiger partial charge in [0.15, 0.2) is 5.58 Å². The van der Waals surface area contributed by atoms with Gasteiger partial charge in [0.2, 0.25) is 0 Å². The van der Waals surface area contributed by atoms with Crippen LogP contribution in [0.25, 0.3) is 149 Å². The van der Waals surface area contributed by atoms with E-state index in [1.807, 2.05) is 12.1 Å². The zero-order valence-corrected chi connectivity index (χ0v) is 38.7. The van der Waals surface area contributed by atoms with Crippen LogP contribution in [-0.2, 0) is 12.8 Å². The van der Waals surface area contributed by atoms with E-state index < -0.39 is 0 Å². The van der Waals surface area contributed by atoms with Crippen LogP contribution in [0.5, 0.6) is 0 Å². The molecule has 6 heteroatoms. The van der Waals surface area contributed by atoms with E-state index in [1.165, 1.54) is 44.0 Å². The van der Waals surface area contributed by atoms with Gasteiger partial charge in [-0.15, -0.1) is 0 Å². The van der Waals surface area contributed by atoms with Gasteiger partial charge in [-0.1, -0.05) is 115 Å². The molecule has 1 aliphatic rings. The van der Waals surface area contributed by atoms with Crippen LogP contribution in [0.15, 0.2) is 226 Å². The Balaban J connectivity index is 0.918. The highest BCUT2D eigenvalue weighted by atomic mass is 16.3. The monoisotopic (exact) mass is 921 g/mol. The molecule has 0 fully saturated rings. The van der Waals surface area contributed by atoms with Crippen molar-refractivity contribution in [1.29, 1.82) is 0 Å². The molecule has 6 nitrogen and oxygen atoms in total. The van der Waals surface area contributed by atoms with Crippen molar-refractivity contribution in [3.63, 3.8) is 0 Å². The molecule has 0 bridgehead atoms. The normalized spacial score (nSPS) is 12.9. The molecule has 17 rings (SSSR count). The van der Waals surface area contributed by atoms with Crippen LogP contribution in [-0.4, -0.2) is 13.7 Å². The van der Waals surface area contributed by atoms with Gasteiger partial charge in [-0.05, 0) is 121 Å². The maximum atomic E-state index is 7.52. The largest absolute Gasteiger partial charge is 0.456 e. The number of nitrogens with zero attached hydrogens (tertiary/aromatic N) is 3. The summed E-state index contributed by atoms with van der Waals surface area (Å²) in [6.45, 7) is 0. The highest BCUT2D eigenvalue weighted by molar-refractivity contribution is 6.22. The number of fused-ring (bicyclic) bond motifs is 20. The van der Waals surface area contributed by atoms with Crippen molar-refractivity contribution < 1.29 is 13.3 Å². The van der Waals surface area contributed by atoms with E-state index in [0.717, 1.165) is 129 Å². The fraction of sp³-hybridized carbons (Fsp3) is 0.0303. The van der Waals surface area contributed by atoms with Crippen molar-refractivity contribution in [3.05, 3.63) is 224 Å². The van der Waals surface area contributed by atoms with Crippen molar-refractivity contribution in [3.8, 4) is 39.5 Å². The van der Waals surface area contributed by atoms with Gasteiger partial charge < -0.3 is 27.0 Å². The molecule has 0 saturated heterocycles. The summed E-state index contributed by atoms with van der Waals surface area (Å²) in [7, 11) is 0. The molecule has 0 aliphatic heterocycles. The number of para-hydroxylation sites is 6. The van der Waals surface area contributed by atoms with Gasteiger partial charge >= 0.3 is 0 Å². The Morgan fingerprint density at radius 1 is 0.319 bits per heavy atom. The van der Waals surface area contributed by atoms with Crippen molar-refractivity contribution in [2.45, 2.75) is 12.8 Å². The maximum Gasteiger partial charge on any atom is 0.159 e. The summed E-state index contributed by atoms with van der Waals surface area (Å²) < 4.78 is 27.8. The highest BCUT2D eigenvalue weighted by Crippen LogP contribution is 2.50. The molecule has 0 unspecified atom stereocenters. The lowest BCUT2D eigenvalue weighted by Crippen LogP contribution is -2.07. The first-order valence-corrected chi connectivity index (χ1v) is 24.8. The number of aryl methyl sites for hydroxylation is 1. The quantitative estimate of drug-likeness (QED) is 0.177. The SMILES string of the molecule is c1ccc(-n2c3ccccc3c3cc(-c4ccc5c(c4)c4c(n5-c5ccc6oc7ccccc7c6c5)CCc5c-4oc4c5ccc5c4c4ccccc4n5-c4cccc5c4oc4ccccc45)ccc32)cc1. The number of hydrogen-bond acceptors (Lipinski definition) is 3. The lowest BCUT2D eigenvalue weighted by atomic mass is 9.91. The van der Waals surface area contributed by atoms with Gasteiger partial charge in [0.1, 0.15) is 28.1 Å². The number of rotatable bonds is 4. The van der Waals surface area contributed by atoms with E-state index >= 15 is 0 Å². The van der Waals surface area contributed by atoms with Gasteiger partial charge in [-0.2, -0.15) is 0 Å². The summed E-state index contributed by atoms with van der Waals surface area (Å²) in [5, 5.41) is 11.5. The fourth-order valence-corrected chi connectivity index (χ4v) is 12.7. The van der Waals surface area contributed by atoms with Crippen LogP contribution in [0.3, 0.4) is 0 Å². The van der Waals surface area contributed by atoms with E-state index in [1.54, 1.807) is 0 Å². The highest BCUT2D eigenvalue weighted by Gasteiger charge is 2.32. The molecular formula is C66H39N3O3. The first kappa shape index (κ1) is 38.3. The van der Waals surface area contributed by atoms with E-state index in [9.17, 15) is 0 Å². The minimum absolute atomic E-state index is 0.847. The molecule has 72 heavy (non-hydrogen) atoms. The van der Waals surface area contributed by atoms with E-state index in [0.29, 0.717) is 0 Å². The Morgan fingerprint density at radius 2 is 0.944 bits per heavy atom. The summed E-state index contributed by atoms with van der Waals surface area (Å²) in [5.74, 6) is 0.951. The molecule has 0 atom stereocenters. The standard InChI is InChI=1S/C66H39N3O3/c1-2-13-40(14-3-1)67-52-20-8-4-15-42(52)49-35-38(25-30-54(49)67)39-26-31-55-51(36-39)63-56(68(55)41-27-34-61-50(37-41)44-17-7-10-23-59(44)70-61)32-28-47-46-29-33-57-62(65(46)72-66(47)63)48-18-5-9-21-53(48)69(57)58-22-12-19-45-43-16-6-11-24-60(43)71-64(45)58/h1-27,29-31,33-37H,28,32H2. The number of furan rings is 3. The first-order chi connectivity index (χ1) is 35.7. The molecule has 1 aliphatic carbocycles. The van der Waals surface area contributed by atoms with Gasteiger partial charge in [0.25, 0.3) is 0 Å². The Morgan fingerprint density at radius 3 is 1.76 bits per heavy atom. The molecule has 10 aromatic carbocycles. The Labute approximate surface area is 410 Å². The van der Waals surface area contributed by atoms with Crippen LogP contribution in [0.2, 0.25) is 0 Å². The van der Waals surface area contributed by atoms with Gasteiger partial charge in [-0.3, -0.25) is 0 Å². The average molecular weight is 922 g/mol. The van der Waals surface area contributed by atoms with Gasteiger partial charge in [0, 0.05) is 76.7 Å². The Kier molecular flexibility index (Phi) is 7.49. The van der Waals surface area contributed by atoms with Crippen molar-refractivity contribution >= 4 is 109 Å². The minimum atomic E-state index is 0.847. The van der Waals surface area contributed by atoms with Gasteiger partial charge in [-0.25, -0.2) is 0 Å². The predicted octanol–water partition coefficient (Wildman–Crippen LogP) is 17.8.